The highest BCUT2D eigenvalue weighted by Gasteiger charge is 2.30. The average Bonchev–Trinajstić information content (AvgIpc) is 3.52. The molecule has 0 spiro atoms. The number of thiophene rings is 1. The molecule has 2 amide bonds. The van der Waals surface area contributed by atoms with Gasteiger partial charge in [0, 0.05) is 38.6 Å². The second-order valence-electron chi connectivity index (χ2n) is 7.92. The number of aryl methyl sites for hydroxylation is 1. The molecular formula is C22H26FN3O3S. The summed E-state index contributed by atoms with van der Waals surface area (Å²) in [5.74, 6) is 0.0898. The number of amides is 2. The predicted octanol–water partition coefficient (Wildman–Crippen LogP) is 3.51. The fourth-order valence-electron chi connectivity index (χ4n) is 3.64. The van der Waals surface area contributed by atoms with Crippen LogP contribution in [0.1, 0.15) is 33.6 Å². The van der Waals surface area contributed by atoms with Crippen molar-refractivity contribution in [3.05, 3.63) is 46.1 Å². The highest BCUT2D eigenvalue weighted by Crippen LogP contribution is 2.33. The number of nitrogens with one attached hydrogen (secondary N) is 1. The Morgan fingerprint density at radius 1 is 1.20 bits per heavy atom. The summed E-state index contributed by atoms with van der Waals surface area (Å²) in [5, 5.41) is 3.67. The molecule has 0 unspecified atom stereocenters. The van der Waals surface area contributed by atoms with E-state index in [1.807, 2.05) is 24.0 Å². The SMILES string of the molecule is COc1ccc(CN2CCN(C(=O)c3sc(NC(=O)C4CC4)cc3C)CC2)cc1F. The van der Waals surface area contributed by atoms with Crippen LogP contribution in [0, 0.1) is 18.7 Å². The number of benzene rings is 1. The van der Waals surface area contributed by atoms with E-state index in [0.717, 1.165) is 42.1 Å². The standard InChI is InChI=1S/C22H26FN3O3S/c1-14-11-19(24-21(27)16-4-5-16)30-20(14)22(28)26-9-7-25(8-10-26)13-15-3-6-18(29-2)17(23)12-15/h3,6,11-12,16H,4-5,7-10,13H2,1-2H3,(H,24,27). The number of methoxy groups -OCH3 is 1. The maximum atomic E-state index is 13.9. The highest BCUT2D eigenvalue weighted by atomic mass is 32.1. The average molecular weight is 432 g/mol. The summed E-state index contributed by atoms with van der Waals surface area (Å²) in [4.78, 5) is 29.7. The Morgan fingerprint density at radius 2 is 1.93 bits per heavy atom. The monoisotopic (exact) mass is 431 g/mol. The lowest BCUT2D eigenvalue weighted by molar-refractivity contribution is -0.117. The zero-order valence-electron chi connectivity index (χ0n) is 17.2. The van der Waals surface area contributed by atoms with Crippen molar-refractivity contribution >= 4 is 28.2 Å². The van der Waals surface area contributed by atoms with Gasteiger partial charge in [-0.1, -0.05) is 6.07 Å². The number of rotatable bonds is 6. The number of hydrogen-bond acceptors (Lipinski definition) is 5. The smallest absolute Gasteiger partial charge is 0.264 e. The number of nitrogens with zero attached hydrogens (tertiary/aromatic N) is 2. The number of ether oxygens (including phenoxy) is 1. The topological polar surface area (TPSA) is 61.9 Å². The summed E-state index contributed by atoms with van der Waals surface area (Å²) in [6.07, 6.45) is 1.91. The van der Waals surface area contributed by atoms with Gasteiger partial charge in [-0.15, -0.1) is 11.3 Å². The molecule has 4 rings (SSSR count). The zero-order valence-corrected chi connectivity index (χ0v) is 18.1. The molecule has 1 saturated heterocycles. The van der Waals surface area contributed by atoms with Gasteiger partial charge in [-0.3, -0.25) is 14.5 Å². The molecule has 30 heavy (non-hydrogen) atoms. The first-order valence-corrected chi connectivity index (χ1v) is 11.0. The van der Waals surface area contributed by atoms with Crippen LogP contribution in [0.3, 0.4) is 0 Å². The van der Waals surface area contributed by atoms with Gasteiger partial charge in [-0.05, 0) is 49.1 Å². The third kappa shape index (κ3) is 4.65. The molecule has 1 aromatic heterocycles. The molecule has 2 fully saturated rings. The van der Waals surface area contributed by atoms with Gasteiger partial charge in [0.1, 0.15) is 0 Å². The van der Waals surface area contributed by atoms with Crippen molar-refractivity contribution < 1.29 is 18.7 Å². The van der Waals surface area contributed by atoms with Crippen molar-refractivity contribution in [3.63, 3.8) is 0 Å². The van der Waals surface area contributed by atoms with E-state index in [1.165, 1.54) is 24.5 Å². The van der Waals surface area contributed by atoms with E-state index < -0.39 is 0 Å². The largest absolute Gasteiger partial charge is 0.494 e. The minimum absolute atomic E-state index is 0.0135. The van der Waals surface area contributed by atoms with Crippen molar-refractivity contribution in [3.8, 4) is 5.75 Å². The number of halogens is 1. The van der Waals surface area contributed by atoms with Crippen LogP contribution in [0.5, 0.6) is 5.75 Å². The van der Waals surface area contributed by atoms with Gasteiger partial charge in [-0.25, -0.2) is 4.39 Å². The molecule has 1 aliphatic heterocycles. The van der Waals surface area contributed by atoms with Crippen LogP contribution in [0.25, 0.3) is 0 Å². The Labute approximate surface area is 179 Å². The van der Waals surface area contributed by atoms with E-state index in [-0.39, 0.29) is 29.3 Å². The lowest BCUT2D eigenvalue weighted by Crippen LogP contribution is -2.48. The van der Waals surface area contributed by atoms with Crippen molar-refractivity contribution in [2.45, 2.75) is 26.3 Å². The summed E-state index contributed by atoms with van der Waals surface area (Å²) in [5.41, 5.74) is 1.78. The lowest BCUT2D eigenvalue weighted by Gasteiger charge is -2.34. The fraction of sp³-hybridized carbons (Fsp3) is 0.455. The lowest BCUT2D eigenvalue weighted by atomic mass is 10.1. The van der Waals surface area contributed by atoms with Crippen LogP contribution in [0.15, 0.2) is 24.3 Å². The van der Waals surface area contributed by atoms with E-state index in [4.69, 9.17) is 4.74 Å². The van der Waals surface area contributed by atoms with E-state index >= 15 is 0 Å². The molecule has 2 aromatic rings. The van der Waals surface area contributed by atoms with E-state index in [2.05, 4.69) is 10.2 Å². The summed E-state index contributed by atoms with van der Waals surface area (Å²) >= 11 is 1.35. The molecule has 0 bridgehead atoms. The van der Waals surface area contributed by atoms with Crippen molar-refractivity contribution in [2.75, 3.05) is 38.6 Å². The Morgan fingerprint density at radius 3 is 2.57 bits per heavy atom. The first kappa shape index (κ1) is 20.8. The minimum atomic E-state index is -0.360. The minimum Gasteiger partial charge on any atom is -0.494 e. The second-order valence-corrected chi connectivity index (χ2v) is 8.98. The van der Waals surface area contributed by atoms with Crippen LogP contribution in [0.4, 0.5) is 9.39 Å². The van der Waals surface area contributed by atoms with Crippen LogP contribution in [-0.4, -0.2) is 54.9 Å². The third-order valence-electron chi connectivity index (χ3n) is 5.59. The van der Waals surface area contributed by atoms with Gasteiger partial charge < -0.3 is 15.0 Å². The second kappa shape index (κ2) is 8.73. The van der Waals surface area contributed by atoms with E-state index in [0.29, 0.717) is 24.5 Å². The van der Waals surface area contributed by atoms with Crippen molar-refractivity contribution in [2.24, 2.45) is 5.92 Å². The molecule has 1 N–H and O–H groups in total. The van der Waals surface area contributed by atoms with Crippen LogP contribution in [0.2, 0.25) is 0 Å². The van der Waals surface area contributed by atoms with E-state index in [1.54, 1.807) is 6.07 Å². The van der Waals surface area contributed by atoms with Crippen LogP contribution < -0.4 is 10.1 Å². The fourth-order valence-corrected chi connectivity index (χ4v) is 4.69. The Balaban J connectivity index is 1.32. The number of piperazine rings is 1. The molecule has 0 radical (unpaired) electrons. The summed E-state index contributed by atoms with van der Waals surface area (Å²) in [7, 11) is 1.45. The Hall–Kier alpha value is -2.45. The molecule has 160 valence electrons. The van der Waals surface area contributed by atoms with Gasteiger partial charge in [0.05, 0.1) is 17.0 Å². The quantitative estimate of drug-likeness (QED) is 0.760. The van der Waals surface area contributed by atoms with E-state index in [9.17, 15) is 14.0 Å². The summed E-state index contributed by atoms with van der Waals surface area (Å²) in [6, 6.07) is 6.89. The predicted molar refractivity (Wildman–Crippen MR) is 115 cm³/mol. The van der Waals surface area contributed by atoms with Gasteiger partial charge in [0.2, 0.25) is 5.91 Å². The molecule has 2 aliphatic rings. The van der Waals surface area contributed by atoms with Crippen LogP contribution in [-0.2, 0) is 11.3 Å². The molecule has 1 aliphatic carbocycles. The maximum absolute atomic E-state index is 13.9. The number of anilines is 1. The molecule has 0 atom stereocenters. The number of hydrogen-bond donors (Lipinski definition) is 1. The first-order valence-electron chi connectivity index (χ1n) is 10.2. The molecule has 2 heterocycles. The summed E-state index contributed by atoms with van der Waals surface area (Å²) in [6.45, 7) is 5.25. The normalized spacial score (nSPS) is 17.1. The van der Waals surface area contributed by atoms with Gasteiger partial charge in [-0.2, -0.15) is 0 Å². The third-order valence-corrected chi connectivity index (χ3v) is 6.73. The van der Waals surface area contributed by atoms with Crippen molar-refractivity contribution in [1.29, 1.82) is 0 Å². The maximum Gasteiger partial charge on any atom is 0.264 e. The molecule has 1 aromatic carbocycles. The molecule has 6 nitrogen and oxygen atoms in total. The zero-order chi connectivity index (χ0) is 21.3. The van der Waals surface area contributed by atoms with Gasteiger partial charge in [0.15, 0.2) is 11.6 Å². The number of carbonyl (C=O) groups excluding carboxylic acids is 2. The highest BCUT2D eigenvalue weighted by molar-refractivity contribution is 7.18. The molecule has 8 heteroatoms. The van der Waals surface area contributed by atoms with Gasteiger partial charge >= 0.3 is 0 Å². The molecule has 1 saturated carbocycles. The first-order chi connectivity index (χ1) is 14.4. The Bertz CT molecular complexity index is 949. The van der Waals surface area contributed by atoms with Crippen LogP contribution >= 0.6 is 11.3 Å². The van der Waals surface area contributed by atoms with Gasteiger partial charge in [0.25, 0.3) is 5.91 Å². The summed E-state index contributed by atoms with van der Waals surface area (Å²) < 4.78 is 18.9. The molecular weight excluding hydrogens is 405 g/mol. The number of carbonyl (C=O) groups is 2. The Kier molecular flexibility index (Phi) is 6.06. The van der Waals surface area contributed by atoms with Crippen molar-refractivity contribution in [1.82, 2.24) is 9.80 Å².